The van der Waals surface area contributed by atoms with E-state index in [1.54, 1.807) is 0 Å². The molecule has 2 unspecified atom stereocenters. The van der Waals surface area contributed by atoms with Crippen LogP contribution in [0.25, 0.3) is 11.3 Å². The number of halogens is 1. The highest BCUT2D eigenvalue weighted by atomic mass is 35.5. The third-order valence-corrected chi connectivity index (χ3v) is 4.79. The first kappa shape index (κ1) is 15.5. The van der Waals surface area contributed by atoms with E-state index in [0.29, 0.717) is 0 Å². The largest absolute Gasteiger partial charge is 0.356 e. The summed E-state index contributed by atoms with van der Waals surface area (Å²) in [7, 11) is 0. The molecular weight excluding hydrogens is 298 g/mol. The lowest BCUT2D eigenvalue weighted by atomic mass is 9.89. The molecule has 2 aliphatic rings. The molecule has 22 heavy (non-hydrogen) atoms. The zero-order valence-electron chi connectivity index (χ0n) is 12.6. The lowest BCUT2D eigenvalue weighted by Gasteiger charge is -2.33. The molecular formula is C17H22ClN3O. The number of benzene rings is 1. The van der Waals surface area contributed by atoms with Crippen molar-refractivity contribution < 1.29 is 4.52 Å². The number of fused-ring (bicyclic) bond motifs is 1. The van der Waals surface area contributed by atoms with Crippen LogP contribution in [0.3, 0.4) is 0 Å². The van der Waals surface area contributed by atoms with Crippen molar-refractivity contribution in [1.82, 2.24) is 15.4 Å². The summed E-state index contributed by atoms with van der Waals surface area (Å²) in [4.78, 5) is 2.51. The van der Waals surface area contributed by atoms with Crippen LogP contribution >= 0.6 is 12.4 Å². The molecule has 0 radical (unpaired) electrons. The van der Waals surface area contributed by atoms with Crippen LogP contribution in [-0.2, 0) is 6.54 Å². The fraction of sp³-hybridized carbons (Fsp3) is 0.471. The van der Waals surface area contributed by atoms with Crippen LogP contribution in [-0.4, -0.2) is 36.2 Å². The van der Waals surface area contributed by atoms with Gasteiger partial charge >= 0.3 is 0 Å². The highest BCUT2D eigenvalue weighted by Crippen LogP contribution is 2.28. The van der Waals surface area contributed by atoms with Gasteiger partial charge in [0.05, 0.1) is 5.69 Å². The van der Waals surface area contributed by atoms with Gasteiger partial charge in [-0.1, -0.05) is 35.5 Å². The number of hydrogen-bond acceptors (Lipinski definition) is 4. The van der Waals surface area contributed by atoms with Crippen molar-refractivity contribution in [2.45, 2.75) is 13.0 Å². The quantitative estimate of drug-likeness (QED) is 0.944. The molecule has 5 heteroatoms. The standard InChI is InChI=1S/C17H21N3O.ClH/c1-2-4-13(5-3-1)17-8-16(19-21-17)12-20-7-6-14-9-18-10-15(14)11-20;/h1-5,8,14-15,18H,6-7,9-12H2;1H. The van der Waals surface area contributed by atoms with Crippen LogP contribution in [0, 0.1) is 11.8 Å². The first-order chi connectivity index (χ1) is 10.4. The maximum atomic E-state index is 5.49. The maximum Gasteiger partial charge on any atom is 0.167 e. The second kappa shape index (κ2) is 6.82. The van der Waals surface area contributed by atoms with Gasteiger partial charge in [0.25, 0.3) is 0 Å². The fourth-order valence-corrected chi connectivity index (χ4v) is 3.61. The second-order valence-corrected chi connectivity index (χ2v) is 6.25. The molecule has 2 aliphatic heterocycles. The Bertz CT molecular complexity index is 601. The van der Waals surface area contributed by atoms with Gasteiger partial charge in [0.15, 0.2) is 5.76 Å². The molecule has 0 spiro atoms. The average molecular weight is 320 g/mol. The maximum absolute atomic E-state index is 5.49. The van der Waals surface area contributed by atoms with Crippen molar-refractivity contribution in [3.8, 4) is 11.3 Å². The highest BCUT2D eigenvalue weighted by Gasteiger charge is 2.32. The normalized spacial score (nSPS) is 24.7. The summed E-state index contributed by atoms with van der Waals surface area (Å²) in [5.41, 5.74) is 2.13. The number of nitrogens with one attached hydrogen (secondary N) is 1. The van der Waals surface area contributed by atoms with E-state index in [2.05, 4.69) is 33.6 Å². The van der Waals surface area contributed by atoms with E-state index in [1.807, 2.05) is 18.2 Å². The van der Waals surface area contributed by atoms with Gasteiger partial charge in [0, 0.05) is 24.7 Å². The number of nitrogens with zero attached hydrogens (tertiary/aromatic N) is 2. The summed E-state index contributed by atoms with van der Waals surface area (Å²) in [5, 5.41) is 7.75. The molecule has 4 nitrogen and oxygen atoms in total. The van der Waals surface area contributed by atoms with Crippen molar-refractivity contribution in [2.75, 3.05) is 26.2 Å². The van der Waals surface area contributed by atoms with Crippen LogP contribution in [0.5, 0.6) is 0 Å². The van der Waals surface area contributed by atoms with Crippen molar-refractivity contribution in [2.24, 2.45) is 11.8 Å². The van der Waals surface area contributed by atoms with E-state index in [1.165, 1.54) is 32.6 Å². The molecule has 1 aromatic heterocycles. The number of aromatic nitrogens is 1. The molecule has 118 valence electrons. The Hall–Kier alpha value is -1.36. The van der Waals surface area contributed by atoms with Crippen molar-refractivity contribution >= 4 is 12.4 Å². The highest BCUT2D eigenvalue weighted by molar-refractivity contribution is 5.85. The lowest BCUT2D eigenvalue weighted by molar-refractivity contribution is 0.139. The minimum absolute atomic E-state index is 0. The number of rotatable bonds is 3. The predicted molar refractivity (Wildman–Crippen MR) is 88.9 cm³/mol. The van der Waals surface area contributed by atoms with Gasteiger partial charge in [-0.15, -0.1) is 12.4 Å². The molecule has 3 heterocycles. The fourth-order valence-electron chi connectivity index (χ4n) is 3.61. The van der Waals surface area contributed by atoms with Crippen LogP contribution in [0.4, 0.5) is 0 Å². The van der Waals surface area contributed by atoms with E-state index >= 15 is 0 Å². The SMILES string of the molecule is Cl.c1ccc(-c2cc(CN3CCC4CNCC4C3)no2)cc1. The monoisotopic (exact) mass is 319 g/mol. The van der Waals surface area contributed by atoms with E-state index in [9.17, 15) is 0 Å². The Morgan fingerprint density at radius 2 is 2.00 bits per heavy atom. The Balaban J connectivity index is 0.00000144. The Labute approximate surface area is 137 Å². The van der Waals surface area contributed by atoms with Gasteiger partial charge in [-0.25, -0.2) is 0 Å². The van der Waals surface area contributed by atoms with Gasteiger partial charge in [-0.2, -0.15) is 0 Å². The predicted octanol–water partition coefficient (Wildman–Crippen LogP) is 2.80. The Morgan fingerprint density at radius 1 is 1.18 bits per heavy atom. The molecule has 2 fully saturated rings. The first-order valence-corrected chi connectivity index (χ1v) is 7.82. The number of hydrogen-bond donors (Lipinski definition) is 1. The first-order valence-electron chi connectivity index (χ1n) is 7.82. The summed E-state index contributed by atoms with van der Waals surface area (Å²) in [6, 6.07) is 12.2. The zero-order valence-corrected chi connectivity index (χ0v) is 13.4. The van der Waals surface area contributed by atoms with Gasteiger partial charge in [0.1, 0.15) is 0 Å². The molecule has 4 rings (SSSR count). The van der Waals surface area contributed by atoms with Crippen LogP contribution < -0.4 is 5.32 Å². The minimum Gasteiger partial charge on any atom is -0.356 e. The summed E-state index contributed by atoms with van der Waals surface area (Å²) in [5.74, 6) is 2.57. The van der Waals surface area contributed by atoms with Crippen LogP contribution in [0.1, 0.15) is 12.1 Å². The molecule has 2 aromatic rings. The molecule has 2 saturated heterocycles. The van der Waals surface area contributed by atoms with Gasteiger partial charge < -0.3 is 9.84 Å². The van der Waals surface area contributed by atoms with E-state index in [-0.39, 0.29) is 12.4 Å². The lowest BCUT2D eigenvalue weighted by Crippen LogP contribution is -2.39. The molecule has 2 atom stereocenters. The zero-order chi connectivity index (χ0) is 14.1. The second-order valence-electron chi connectivity index (χ2n) is 6.25. The van der Waals surface area contributed by atoms with E-state index in [0.717, 1.165) is 35.4 Å². The number of piperidine rings is 1. The average Bonchev–Trinajstić information content (AvgIpc) is 3.17. The topological polar surface area (TPSA) is 41.3 Å². The summed E-state index contributed by atoms with van der Waals surface area (Å²) in [6.07, 6.45) is 1.31. The number of likely N-dealkylation sites (tertiary alicyclic amines) is 1. The van der Waals surface area contributed by atoms with Crippen molar-refractivity contribution in [1.29, 1.82) is 0 Å². The summed E-state index contributed by atoms with van der Waals surface area (Å²) < 4.78 is 5.49. The Kier molecular flexibility index (Phi) is 4.81. The summed E-state index contributed by atoms with van der Waals surface area (Å²) in [6.45, 7) is 5.65. The molecule has 0 aliphatic carbocycles. The molecule has 0 amide bonds. The third-order valence-electron chi connectivity index (χ3n) is 4.79. The third kappa shape index (κ3) is 3.19. The molecule has 0 bridgehead atoms. The van der Waals surface area contributed by atoms with Crippen LogP contribution in [0.2, 0.25) is 0 Å². The molecule has 1 aromatic carbocycles. The molecule has 1 N–H and O–H groups in total. The Morgan fingerprint density at radius 3 is 2.86 bits per heavy atom. The van der Waals surface area contributed by atoms with E-state index < -0.39 is 0 Å². The van der Waals surface area contributed by atoms with Gasteiger partial charge in [-0.3, -0.25) is 4.90 Å². The van der Waals surface area contributed by atoms with Crippen molar-refractivity contribution in [3.63, 3.8) is 0 Å². The molecule has 0 saturated carbocycles. The van der Waals surface area contributed by atoms with Crippen LogP contribution in [0.15, 0.2) is 40.9 Å². The van der Waals surface area contributed by atoms with Crippen molar-refractivity contribution in [3.05, 3.63) is 42.1 Å². The smallest absolute Gasteiger partial charge is 0.167 e. The minimum atomic E-state index is 0. The van der Waals surface area contributed by atoms with Gasteiger partial charge in [-0.05, 0) is 37.9 Å². The summed E-state index contributed by atoms with van der Waals surface area (Å²) >= 11 is 0. The van der Waals surface area contributed by atoms with E-state index in [4.69, 9.17) is 4.52 Å². The van der Waals surface area contributed by atoms with Gasteiger partial charge in [0.2, 0.25) is 0 Å².